The van der Waals surface area contributed by atoms with Gasteiger partial charge in [0.1, 0.15) is 0 Å². The van der Waals surface area contributed by atoms with Gasteiger partial charge in [-0.25, -0.2) is 0 Å². The van der Waals surface area contributed by atoms with Crippen molar-refractivity contribution in [1.29, 1.82) is 0 Å². The fourth-order valence-electron chi connectivity index (χ4n) is 1.78. The van der Waals surface area contributed by atoms with E-state index in [1.54, 1.807) is 0 Å². The molecule has 0 radical (unpaired) electrons. The third-order valence-electron chi connectivity index (χ3n) is 2.73. The van der Waals surface area contributed by atoms with E-state index in [9.17, 15) is 9.90 Å². The van der Waals surface area contributed by atoms with Crippen molar-refractivity contribution in [2.24, 2.45) is 5.73 Å². The van der Waals surface area contributed by atoms with Crippen LogP contribution < -0.4 is 5.73 Å². The minimum Gasteiger partial charge on any atom is -0.481 e. The lowest BCUT2D eigenvalue weighted by atomic mass is 9.92. The van der Waals surface area contributed by atoms with Gasteiger partial charge in [0.15, 0.2) is 0 Å². The minimum absolute atomic E-state index is 0.397. The van der Waals surface area contributed by atoms with Crippen LogP contribution in [0.15, 0.2) is 24.3 Å². The van der Waals surface area contributed by atoms with Gasteiger partial charge < -0.3 is 10.8 Å². The van der Waals surface area contributed by atoms with Gasteiger partial charge in [-0.2, -0.15) is 0 Å². The molecule has 3 heteroatoms. The zero-order valence-corrected chi connectivity index (χ0v) is 9.65. The molecule has 0 saturated carbocycles. The van der Waals surface area contributed by atoms with Crippen molar-refractivity contribution in [1.82, 2.24) is 0 Å². The maximum atomic E-state index is 11.2. The van der Waals surface area contributed by atoms with Gasteiger partial charge in [-0.3, -0.25) is 4.79 Å². The second-order valence-electron chi connectivity index (χ2n) is 3.98. The molecule has 0 bridgehead atoms. The van der Waals surface area contributed by atoms with Crippen LogP contribution in [-0.2, 0) is 11.3 Å². The summed E-state index contributed by atoms with van der Waals surface area (Å²) in [5.74, 6) is -1.14. The molecule has 1 rings (SSSR count). The van der Waals surface area contributed by atoms with E-state index in [2.05, 4.69) is 6.92 Å². The molecule has 0 heterocycles. The van der Waals surface area contributed by atoms with Crippen LogP contribution in [0.2, 0.25) is 0 Å². The number of carboxylic acids is 1. The zero-order chi connectivity index (χ0) is 12.0. The molecule has 0 amide bonds. The third kappa shape index (κ3) is 3.35. The van der Waals surface area contributed by atoms with Crippen LogP contribution in [0.3, 0.4) is 0 Å². The van der Waals surface area contributed by atoms with E-state index >= 15 is 0 Å². The van der Waals surface area contributed by atoms with Crippen LogP contribution >= 0.6 is 0 Å². The first-order chi connectivity index (χ1) is 7.69. The van der Waals surface area contributed by atoms with Crippen molar-refractivity contribution in [3.63, 3.8) is 0 Å². The topological polar surface area (TPSA) is 63.3 Å². The summed E-state index contributed by atoms with van der Waals surface area (Å²) >= 11 is 0. The Morgan fingerprint density at radius 3 is 2.81 bits per heavy atom. The summed E-state index contributed by atoms with van der Waals surface area (Å²) in [5.41, 5.74) is 7.40. The number of rotatable bonds is 6. The van der Waals surface area contributed by atoms with E-state index in [0.29, 0.717) is 13.0 Å². The number of hydrogen-bond acceptors (Lipinski definition) is 2. The molecule has 0 aromatic heterocycles. The minimum atomic E-state index is -0.748. The summed E-state index contributed by atoms with van der Waals surface area (Å²) in [6.07, 6.45) is 2.64. The quantitative estimate of drug-likeness (QED) is 0.775. The predicted octanol–water partition coefficient (Wildman–Crippen LogP) is 2.50. The van der Waals surface area contributed by atoms with Crippen LogP contribution in [0.5, 0.6) is 0 Å². The van der Waals surface area contributed by atoms with E-state index in [1.807, 2.05) is 24.3 Å². The number of aliphatic carboxylic acids is 1. The molecule has 16 heavy (non-hydrogen) atoms. The Labute approximate surface area is 96.3 Å². The highest BCUT2D eigenvalue weighted by Crippen LogP contribution is 2.23. The van der Waals surface area contributed by atoms with Crippen LogP contribution in [0.4, 0.5) is 0 Å². The second-order valence-corrected chi connectivity index (χ2v) is 3.98. The van der Waals surface area contributed by atoms with Crippen molar-refractivity contribution >= 4 is 5.97 Å². The zero-order valence-electron chi connectivity index (χ0n) is 9.65. The maximum absolute atomic E-state index is 11.2. The largest absolute Gasteiger partial charge is 0.481 e. The van der Waals surface area contributed by atoms with Gasteiger partial charge in [-0.05, 0) is 17.5 Å². The van der Waals surface area contributed by atoms with Crippen LogP contribution in [-0.4, -0.2) is 11.1 Å². The average Bonchev–Trinajstić information content (AvgIpc) is 2.29. The molecule has 1 atom stereocenters. The smallest absolute Gasteiger partial charge is 0.310 e. The molecule has 0 spiro atoms. The van der Waals surface area contributed by atoms with Gasteiger partial charge >= 0.3 is 5.97 Å². The molecule has 0 aliphatic rings. The molecule has 0 saturated heterocycles. The van der Waals surface area contributed by atoms with Gasteiger partial charge in [-0.1, -0.05) is 44.0 Å². The van der Waals surface area contributed by atoms with E-state index in [-0.39, 0.29) is 0 Å². The molecular weight excluding hydrogens is 202 g/mol. The van der Waals surface area contributed by atoms with Crippen LogP contribution in [0.1, 0.15) is 43.2 Å². The molecular formula is C13H19NO2. The normalized spacial score (nSPS) is 12.4. The highest BCUT2D eigenvalue weighted by Gasteiger charge is 2.18. The lowest BCUT2D eigenvalue weighted by molar-refractivity contribution is -0.139. The molecule has 0 fully saturated rings. The molecule has 0 aliphatic carbocycles. The van der Waals surface area contributed by atoms with Crippen molar-refractivity contribution in [3.05, 3.63) is 35.4 Å². The third-order valence-corrected chi connectivity index (χ3v) is 2.73. The van der Waals surface area contributed by atoms with Crippen molar-refractivity contribution in [3.8, 4) is 0 Å². The number of hydrogen-bond donors (Lipinski definition) is 2. The Hall–Kier alpha value is -1.35. The lowest BCUT2D eigenvalue weighted by Gasteiger charge is -2.13. The van der Waals surface area contributed by atoms with E-state index in [0.717, 1.165) is 24.0 Å². The summed E-state index contributed by atoms with van der Waals surface area (Å²) in [6, 6.07) is 7.56. The fraction of sp³-hybridized carbons (Fsp3) is 0.462. The number of unbranched alkanes of at least 4 members (excludes halogenated alkanes) is 1. The Morgan fingerprint density at radius 2 is 2.25 bits per heavy atom. The first-order valence-electron chi connectivity index (χ1n) is 5.70. The number of nitrogens with two attached hydrogens (primary N) is 1. The lowest BCUT2D eigenvalue weighted by Crippen LogP contribution is -2.12. The number of carbonyl (C=O) groups is 1. The standard InChI is InChI=1S/C13H19NO2/c1-2-3-7-12(13(15)16)11-6-4-5-10(8-11)9-14/h4-6,8,12H,2-3,7,9,14H2,1H3,(H,15,16). The molecule has 1 aromatic carbocycles. The van der Waals surface area contributed by atoms with E-state index in [1.165, 1.54) is 0 Å². The van der Waals surface area contributed by atoms with E-state index in [4.69, 9.17) is 5.73 Å². The van der Waals surface area contributed by atoms with Gasteiger partial charge in [0.05, 0.1) is 5.92 Å². The van der Waals surface area contributed by atoms with Crippen molar-refractivity contribution in [2.45, 2.75) is 38.6 Å². The molecule has 0 aliphatic heterocycles. The second kappa shape index (κ2) is 6.28. The Kier molecular flexibility index (Phi) is 4.99. The average molecular weight is 221 g/mol. The molecule has 1 aromatic rings. The highest BCUT2D eigenvalue weighted by molar-refractivity contribution is 5.76. The Balaban J connectivity index is 2.87. The predicted molar refractivity (Wildman–Crippen MR) is 64.2 cm³/mol. The summed E-state index contributed by atoms with van der Waals surface area (Å²) < 4.78 is 0. The molecule has 3 N–H and O–H groups in total. The highest BCUT2D eigenvalue weighted by atomic mass is 16.4. The summed E-state index contributed by atoms with van der Waals surface area (Å²) in [6.45, 7) is 2.52. The number of benzene rings is 1. The fourth-order valence-corrected chi connectivity index (χ4v) is 1.78. The summed E-state index contributed by atoms with van der Waals surface area (Å²) in [7, 11) is 0. The maximum Gasteiger partial charge on any atom is 0.310 e. The van der Waals surface area contributed by atoms with Crippen LogP contribution in [0, 0.1) is 0 Å². The van der Waals surface area contributed by atoms with Gasteiger partial charge in [0.25, 0.3) is 0 Å². The van der Waals surface area contributed by atoms with Crippen molar-refractivity contribution in [2.75, 3.05) is 0 Å². The summed E-state index contributed by atoms with van der Waals surface area (Å²) in [4.78, 5) is 11.2. The Morgan fingerprint density at radius 1 is 1.50 bits per heavy atom. The summed E-state index contributed by atoms with van der Waals surface area (Å²) in [5, 5.41) is 9.19. The van der Waals surface area contributed by atoms with Gasteiger partial charge in [0, 0.05) is 6.54 Å². The first kappa shape index (κ1) is 12.7. The van der Waals surface area contributed by atoms with Crippen molar-refractivity contribution < 1.29 is 9.90 Å². The van der Waals surface area contributed by atoms with Gasteiger partial charge in [-0.15, -0.1) is 0 Å². The van der Waals surface area contributed by atoms with Crippen LogP contribution in [0.25, 0.3) is 0 Å². The Bertz CT molecular complexity index is 350. The van der Waals surface area contributed by atoms with E-state index < -0.39 is 11.9 Å². The SMILES string of the molecule is CCCCC(C(=O)O)c1cccc(CN)c1. The first-order valence-corrected chi connectivity index (χ1v) is 5.70. The monoisotopic (exact) mass is 221 g/mol. The molecule has 3 nitrogen and oxygen atoms in total. The molecule has 88 valence electrons. The number of carboxylic acid groups (broad SMARTS) is 1. The van der Waals surface area contributed by atoms with Gasteiger partial charge in [0.2, 0.25) is 0 Å². The molecule has 1 unspecified atom stereocenters.